The lowest BCUT2D eigenvalue weighted by atomic mass is 9.84. The van der Waals surface area contributed by atoms with Crippen molar-refractivity contribution in [2.45, 2.75) is 78.4 Å². The van der Waals surface area contributed by atoms with Crippen LogP contribution < -0.4 is 4.74 Å². The maximum Gasteiger partial charge on any atom is 0.407 e. The van der Waals surface area contributed by atoms with Crippen LogP contribution in [0.5, 0.6) is 5.75 Å². The number of thiophene rings is 1. The summed E-state index contributed by atoms with van der Waals surface area (Å²) in [6.45, 7) is 10.1. The first-order valence-electron chi connectivity index (χ1n) is 15.7. The number of ether oxygens (including phenoxy) is 1. The van der Waals surface area contributed by atoms with Gasteiger partial charge in [-0.15, -0.1) is 11.3 Å². The molecule has 0 aliphatic heterocycles. The lowest BCUT2D eigenvalue weighted by Gasteiger charge is -2.40. The molecule has 1 N–H and O–H groups in total. The van der Waals surface area contributed by atoms with Crippen LogP contribution in [-0.4, -0.2) is 57.1 Å². The molecule has 5 rings (SSSR count). The average Bonchev–Trinajstić information content (AvgIpc) is 3.37. The molecule has 1 fully saturated rings. The molecule has 0 saturated heterocycles. The quantitative estimate of drug-likeness (QED) is 0.200. The van der Waals surface area contributed by atoms with E-state index in [1.54, 1.807) is 12.0 Å². The van der Waals surface area contributed by atoms with E-state index in [0.717, 1.165) is 51.5 Å². The lowest BCUT2D eigenvalue weighted by Crippen LogP contribution is -2.48. The summed E-state index contributed by atoms with van der Waals surface area (Å²) >= 11 is 7.48. The van der Waals surface area contributed by atoms with E-state index >= 15 is 0 Å². The van der Waals surface area contributed by atoms with Crippen molar-refractivity contribution in [3.63, 3.8) is 0 Å². The minimum atomic E-state index is -0.957. The number of methoxy groups -OCH3 is 1. The van der Waals surface area contributed by atoms with E-state index in [2.05, 4.69) is 4.98 Å². The molecule has 2 heterocycles. The molecule has 0 unspecified atom stereocenters. The summed E-state index contributed by atoms with van der Waals surface area (Å²) in [5, 5.41) is 9.65. The smallest absolute Gasteiger partial charge is 0.407 e. The Kier molecular flexibility index (Phi) is 10.1. The van der Waals surface area contributed by atoms with Gasteiger partial charge in [0, 0.05) is 41.6 Å². The number of fused-ring (bicyclic) bond motifs is 1. The number of carbonyl (C=O) groups excluding carboxylic acids is 1. The van der Waals surface area contributed by atoms with Gasteiger partial charge in [0.05, 0.1) is 22.2 Å². The number of halogens is 3. The first kappa shape index (κ1) is 34.6. The number of hydrogen-bond acceptors (Lipinski definition) is 5. The van der Waals surface area contributed by atoms with Crippen LogP contribution in [-0.2, 0) is 6.54 Å². The van der Waals surface area contributed by atoms with Gasteiger partial charge in [-0.3, -0.25) is 9.78 Å². The second-order valence-corrected chi connectivity index (χ2v) is 14.7. The molecule has 2 aromatic carbocycles. The Morgan fingerprint density at radius 1 is 1.00 bits per heavy atom. The fourth-order valence-electron chi connectivity index (χ4n) is 6.54. The maximum absolute atomic E-state index is 14.8. The molecule has 0 radical (unpaired) electrons. The Balaban J connectivity index is 1.51. The number of carboxylic acid groups (broad SMARTS) is 1. The van der Waals surface area contributed by atoms with Crippen LogP contribution in [0.25, 0.3) is 21.2 Å². The predicted molar refractivity (Wildman–Crippen MR) is 183 cm³/mol. The Morgan fingerprint density at radius 3 is 2.21 bits per heavy atom. The molecule has 0 atom stereocenters. The molecule has 2 aromatic heterocycles. The van der Waals surface area contributed by atoms with Crippen molar-refractivity contribution >= 4 is 45.0 Å². The van der Waals surface area contributed by atoms with Crippen molar-refractivity contribution in [2.75, 3.05) is 13.7 Å². The van der Waals surface area contributed by atoms with Gasteiger partial charge in [-0.05, 0) is 114 Å². The van der Waals surface area contributed by atoms with Gasteiger partial charge >= 0.3 is 6.09 Å². The van der Waals surface area contributed by atoms with Crippen LogP contribution in [0.4, 0.5) is 13.6 Å². The molecular formula is C36H40ClF2N3O4S. The predicted octanol–water partition coefficient (Wildman–Crippen LogP) is 9.50. The number of carbonyl (C=O) groups is 2. The molecule has 7 nitrogen and oxygen atoms in total. The highest BCUT2D eigenvalue weighted by molar-refractivity contribution is 7.21. The summed E-state index contributed by atoms with van der Waals surface area (Å²) in [4.78, 5) is 34.3. The molecule has 4 aromatic rings. The van der Waals surface area contributed by atoms with Gasteiger partial charge in [0.25, 0.3) is 5.91 Å². The summed E-state index contributed by atoms with van der Waals surface area (Å²) in [5.41, 5.74) is 3.92. The normalized spacial score (nSPS) is 16.7. The zero-order valence-corrected chi connectivity index (χ0v) is 29.1. The van der Waals surface area contributed by atoms with Gasteiger partial charge in [0.2, 0.25) is 0 Å². The number of rotatable bonds is 8. The molecule has 2 amide bonds. The van der Waals surface area contributed by atoms with E-state index in [1.807, 2.05) is 65.0 Å². The van der Waals surface area contributed by atoms with Crippen LogP contribution in [0.2, 0.25) is 5.02 Å². The molecule has 1 saturated carbocycles. The van der Waals surface area contributed by atoms with E-state index in [0.29, 0.717) is 38.0 Å². The third-order valence-corrected chi connectivity index (χ3v) is 10.6. The molecule has 0 bridgehead atoms. The Labute approximate surface area is 283 Å². The van der Waals surface area contributed by atoms with Gasteiger partial charge in [-0.25, -0.2) is 13.6 Å². The third-order valence-electron chi connectivity index (χ3n) is 8.91. The molecule has 250 valence electrons. The van der Waals surface area contributed by atoms with Crippen molar-refractivity contribution in [3.05, 3.63) is 81.0 Å². The minimum absolute atomic E-state index is 0.000884. The van der Waals surface area contributed by atoms with Crippen molar-refractivity contribution in [1.29, 1.82) is 0 Å². The molecule has 1 aliphatic rings. The number of aryl methyl sites for hydroxylation is 2. The molecule has 1 aliphatic carbocycles. The zero-order valence-electron chi connectivity index (χ0n) is 27.5. The highest BCUT2D eigenvalue weighted by Crippen LogP contribution is 2.41. The largest absolute Gasteiger partial charge is 0.496 e. The SMILES string of the molecule is COc1ccc(-c2cc(C)nc(C)c2)cc1CN(C(=O)c1sc2c(F)ccc(F)c2c1Cl)C1CCC(CN(C(=O)O)C(C)(C)C)CC1. The molecule has 11 heteroatoms. The van der Waals surface area contributed by atoms with Crippen molar-refractivity contribution in [1.82, 2.24) is 14.8 Å². The van der Waals surface area contributed by atoms with Crippen LogP contribution in [0.3, 0.4) is 0 Å². The van der Waals surface area contributed by atoms with E-state index in [9.17, 15) is 23.5 Å². The topological polar surface area (TPSA) is 83.0 Å². The lowest BCUT2D eigenvalue weighted by molar-refractivity contribution is 0.0535. The average molecular weight is 684 g/mol. The van der Waals surface area contributed by atoms with Crippen LogP contribution in [0.1, 0.15) is 73.1 Å². The maximum atomic E-state index is 14.8. The number of pyridine rings is 1. The van der Waals surface area contributed by atoms with E-state index < -0.39 is 29.2 Å². The van der Waals surface area contributed by atoms with Crippen LogP contribution >= 0.6 is 22.9 Å². The summed E-state index contributed by atoms with van der Waals surface area (Å²) < 4.78 is 35.3. The second-order valence-electron chi connectivity index (χ2n) is 13.3. The van der Waals surface area contributed by atoms with Gasteiger partial charge in [-0.2, -0.15) is 0 Å². The zero-order chi connectivity index (χ0) is 34.2. The minimum Gasteiger partial charge on any atom is -0.496 e. The van der Waals surface area contributed by atoms with Gasteiger partial charge in [0.1, 0.15) is 22.3 Å². The number of benzene rings is 2. The highest BCUT2D eigenvalue weighted by Gasteiger charge is 2.35. The fraction of sp³-hybridized carbons (Fsp3) is 0.417. The van der Waals surface area contributed by atoms with Crippen LogP contribution in [0.15, 0.2) is 42.5 Å². The van der Waals surface area contributed by atoms with Gasteiger partial charge in [0.15, 0.2) is 0 Å². The van der Waals surface area contributed by atoms with Crippen molar-refractivity contribution < 1.29 is 28.2 Å². The Morgan fingerprint density at radius 2 is 1.64 bits per heavy atom. The standard InChI is InChI=1S/C36H40ClF2N3O4S/c1-20-15-24(16-21(2)40-20)23-9-14-29(46-6)25(17-23)19-41(26-10-7-22(8-11-26)18-42(35(44)45)36(3,4)5)34(43)33-31(37)30-27(38)12-13-28(39)32(30)47-33/h9,12-17,22,26H,7-8,10-11,18-19H2,1-6H3,(H,44,45). The summed E-state index contributed by atoms with van der Waals surface area (Å²) in [6.07, 6.45) is 1.73. The number of hydrogen-bond donors (Lipinski definition) is 1. The van der Waals surface area contributed by atoms with Crippen molar-refractivity contribution in [2.24, 2.45) is 5.92 Å². The second kappa shape index (κ2) is 13.8. The fourth-order valence-corrected chi connectivity index (χ4v) is 8.04. The monoisotopic (exact) mass is 683 g/mol. The van der Waals surface area contributed by atoms with Gasteiger partial charge < -0.3 is 19.6 Å². The van der Waals surface area contributed by atoms with Crippen LogP contribution in [0, 0.1) is 31.4 Å². The number of amides is 2. The molecule has 47 heavy (non-hydrogen) atoms. The number of aromatic nitrogens is 1. The molecule has 0 spiro atoms. The van der Waals surface area contributed by atoms with Gasteiger partial charge in [-0.1, -0.05) is 17.7 Å². The van der Waals surface area contributed by atoms with Crippen molar-refractivity contribution in [3.8, 4) is 16.9 Å². The Hall–Kier alpha value is -3.76. The first-order valence-corrected chi connectivity index (χ1v) is 16.9. The van der Waals surface area contributed by atoms with E-state index in [1.165, 1.54) is 4.90 Å². The summed E-state index contributed by atoms with van der Waals surface area (Å²) in [5.74, 6) is -1.01. The van der Waals surface area contributed by atoms with E-state index in [-0.39, 0.29) is 38.5 Å². The summed E-state index contributed by atoms with van der Waals surface area (Å²) in [6, 6.07) is 11.7. The van der Waals surface area contributed by atoms with E-state index in [4.69, 9.17) is 16.3 Å². The first-order chi connectivity index (χ1) is 22.2. The molecular weight excluding hydrogens is 644 g/mol. The Bertz CT molecular complexity index is 1790. The summed E-state index contributed by atoms with van der Waals surface area (Å²) in [7, 11) is 1.58. The highest BCUT2D eigenvalue weighted by atomic mass is 35.5. The third kappa shape index (κ3) is 7.38. The number of nitrogens with zero attached hydrogens (tertiary/aromatic N) is 3.